The van der Waals surface area contributed by atoms with Gasteiger partial charge in [0.05, 0.1) is 7.11 Å². The van der Waals surface area contributed by atoms with Crippen LogP contribution in [0, 0.1) is 6.92 Å². The number of methoxy groups -OCH3 is 1. The molecule has 4 nitrogen and oxygen atoms in total. The minimum Gasteiger partial charge on any atom is -0.497 e. The molecule has 0 radical (unpaired) electrons. The first-order valence-electron chi connectivity index (χ1n) is 9.43. The Labute approximate surface area is 156 Å². The molecule has 4 heteroatoms. The molecule has 3 rings (SSSR count). The number of rotatable bonds is 6. The summed E-state index contributed by atoms with van der Waals surface area (Å²) in [5, 5.41) is 6.64. The summed E-state index contributed by atoms with van der Waals surface area (Å²) in [4.78, 5) is 13.0. The first-order valence-corrected chi connectivity index (χ1v) is 9.43. The molecule has 1 aliphatic rings. The molecule has 1 fully saturated rings. The topological polar surface area (TPSA) is 50.4 Å². The average Bonchev–Trinajstić information content (AvgIpc) is 2.68. The summed E-state index contributed by atoms with van der Waals surface area (Å²) in [5.74, 6) is 0.818. The number of carbonyl (C=O) groups is 1. The zero-order valence-corrected chi connectivity index (χ0v) is 15.6. The highest BCUT2D eigenvalue weighted by Gasteiger charge is 2.24. The van der Waals surface area contributed by atoms with Crippen LogP contribution in [-0.4, -0.2) is 19.1 Å². The number of anilines is 1. The zero-order valence-electron chi connectivity index (χ0n) is 15.6. The van der Waals surface area contributed by atoms with Crippen molar-refractivity contribution in [2.45, 2.75) is 51.1 Å². The van der Waals surface area contributed by atoms with Gasteiger partial charge in [-0.3, -0.25) is 4.79 Å². The van der Waals surface area contributed by atoms with Crippen LogP contribution in [-0.2, 0) is 4.79 Å². The predicted molar refractivity (Wildman–Crippen MR) is 106 cm³/mol. The summed E-state index contributed by atoms with van der Waals surface area (Å²) < 4.78 is 5.24. The molecule has 138 valence electrons. The van der Waals surface area contributed by atoms with Crippen LogP contribution in [0.5, 0.6) is 5.75 Å². The molecule has 1 unspecified atom stereocenters. The first-order chi connectivity index (χ1) is 12.7. The van der Waals surface area contributed by atoms with Gasteiger partial charge in [0, 0.05) is 11.7 Å². The molecule has 1 amide bonds. The van der Waals surface area contributed by atoms with Crippen LogP contribution in [0.4, 0.5) is 5.69 Å². The van der Waals surface area contributed by atoms with E-state index in [2.05, 4.69) is 17.6 Å². The Bertz CT molecular complexity index is 704. The molecular formula is C22H28N2O2. The number of benzene rings is 2. The average molecular weight is 352 g/mol. The fourth-order valence-corrected chi connectivity index (χ4v) is 3.44. The van der Waals surface area contributed by atoms with Crippen molar-refractivity contribution in [2.24, 2.45) is 0 Å². The lowest BCUT2D eigenvalue weighted by Crippen LogP contribution is -2.41. The van der Waals surface area contributed by atoms with E-state index in [0.717, 1.165) is 29.8 Å². The van der Waals surface area contributed by atoms with Gasteiger partial charge in [0.25, 0.3) is 0 Å². The largest absolute Gasteiger partial charge is 0.497 e. The van der Waals surface area contributed by atoms with Crippen LogP contribution in [0.25, 0.3) is 0 Å². The van der Waals surface area contributed by atoms with Crippen LogP contribution in [0.1, 0.15) is 49.3 Å². The summed E-state index contributed by atoms with van der Waals surface area (Å²) in [6.45, 7) is 2.06. The molecule has 0 saturated heterocycles. The van der Waals surface area contributed by atoms with Crippen molar-refractivity contribution in [1.82, 2.24) is 5.32 Å². The molecule has 26 heavy (non-hydrogen) atoms. The third-order valence-corrected chi connectivity index (χ3v) is 5.03. The Morgan fingerprint density at radius 2 is 1.65 bits per heavy atom. The van der Waals surface area contributed by atoms with E-state index in [-0.39, 0.29) is 11.9 Å². The Hall–Kier alpha value is -2.49. The maximum Gasteiger partial charge on any atom is 0.247 e. The number of hydrogen-bond acceptors (Lipinski definition) is 3. The minimum absolute atomic E-state index is 0.0302. The lowest BCUT2D eigenvalue weighted by Gasteiger charge is -2.27. The van der Waals surface area contributed by atoms with Gasteiger partial charge in [-0.2, -0.15) is 0 Å². The highest BCUT2D eigenvalue weighted by Crippen LogP contribution is 2.24. The van der Waals surface area contributed by atoms with Gasteiger partial charge in [0.2, 0.25) is 5.91 Å². The molecule has 0 aromatic heterocycles. The molecule has 1 saturated carbocycles. The van der Waals surface area contributed by atoms with Crippen molar-refractivity contribution in [3.8, 4) is 5.75 Å². The molecule has 2 aromatic carbocycles. The van der Waals surface area contributed by atoms with E-state index < -0.39 is 6.04 Å². The standard InChI is InChI=1S/C22H28N2O2/c1-16-8-12-19(13-9-16)23-21(17-10-14-20(26-2)15-11-17)22(25)24-18-6-4-3-5-7-18/h8-15,18,21,23H,3-7H2,1-2H3,(H,24,25). The van der Waals surface area contributed by atoms with Crippen LogP contribution in [0.15, 0.2) is 48.5 Å². The number of aryl methyl sites for hydroxylation is 1. The van der Waals surface area contributed by atoms with Crippen LogP contribution in [0.3, 0.4) is 0 Å². The van der Waals surface area contributed by atoms with Gasteiger partial charge in [-0.25, -0.2) is 0 Å². The lowest BCUT2D eigenvalue weighted by atomic mass is 9.95. The fourth-order valence-electron chi connectivity index (χ4n) is 3.44. The van der Waals surface area contributed by atoms with Crippen LogP contribution in [0.2, 0.25) is 0 Å². The quantitative estimate of drug-likeness (QED) is 0.798. The van der Waals surface area contributed by atoms with E-state index in [1.807, 2.05) is 48.5 Å². The maximum absolute atomic E-state index is 13.0. The number of hydrogen-bond donors (Lipinski definition) is 2. The van der Waals surface area contributed by atoms with Crippen molar-refractivity contribution in [3.05, 3.63) is 59.7 Å². The zero-order chi connectivity index (χ0) is 18.4. The van der Waals surface area contributed by atoms with Crippen molar-refractivity contribution in [1.29, 1.82) is 0 Å². The van der Waals surface area contributed by atoms with Gasteiger partial charge < -0.3 is 15.4 Å². The Balaban J connectivity index is 1.79. The molecule has 1 atom stereocenters. The van der Waals surface area contributed by atoms with E-state index in [4.69, 9.17) is 4.74 Å². The third-order valence-electron chi connectivity index (χ3n) is 5.03. The van der Waals surface area contributed by atoms with Crippen LogP contribution >= 0.6 is 0 Å². The van der Waals surface area contributed by atoms with Crippen molar-refractivity contribution in [3.63, 3.8) is 0 Å². The SMILES string of the molecule is COc1ccc(C(Nc2ccc(C)cc2)C(=O)NC2CCCCC2)cc1. The lowest BCUT2D eigenvalue weighted by molar-refractivity contribution is -0.122. The van der Waals surface area contributed by atoms with Crippen LogP contribution < -0.4 is 15.4 Å². The van der Waals surface area contributed by atoms with Gasteiger partial charge in [-0.05, 0) is 49.6 Å². The van der Waals surface area contributed by atoms with Gasteiger partial charge >= 0.3 is 0 Å². The highest BCUT2D eigenvalue weighted by atomic mass is 16.5. The normalized spacial score (nSPS) is 15.9. The number of amides is 1. The number of nitrogens with one attached hydrogen (secondary N) is 2. The predicted octanol–water partition coefficient (Wildman–Crippen LogP) is 4.61. The molecule has 2 N–H and O–H groups in total. The summed E-state index contributed by atoms with van der Waals surface area (Å²) >= 11 is 0. The molecular weight excluding hydrogens is 324 g/mol. The maximum atomic E-state index is 13.0. The third kappa shape index (κ3) is 4.78. The number of carbonyl (C=O) groups excluding carboxylic acids is 1. The van der Waals surface area contributed by atoms with Crippen molar-refractivity contribution >= 4 is 11.6 Å². The summed E-state index contributed by atoms with van der Waals surface area (Å²) in [6, 6.07) is 15.7. The summed E-state index contributed by atoms with van der Waals surface area (Å²) in [7, 11) is 1.65. The number of ether oxygens (including phenoxy) is 1. The van der Waals surface area contributed by atoms with E-state index in [1.165, 1.54) is 24.8 Å². The fraction of sp³-hybridized carbons (Fsp3) is 0.409. The molecule has 0 aliphatic heterocycles. The molecule has 0 heterocycles. The first kappa shape index (κ1) is 18.3. The second-order valence-electron chi connectivity index (χ2n) is 7.06. The van der Waals surface area contributed by atoms with E-state index >= 15 is 0 Å². The Kier molecular flexibility index (Phi) is 6.16. The van der Waals surface area contributed by atoms with Crippen molar-refractivity contribution in [2.75, 3.05) is 12.4 Å². The van der Waals surface area contributed by atoms with E-state index in [9.17, 15) is 4.79 Å². The second kappa shape index (κ2) is 8.75. The van der Waals surface area contributed by atoms with Gasteiger partial charge in [0.15, 0.2) is 0 Å². The highest BCUT2D eigenvalue weighted by molar-refractivity contribution is 5.86. The van der Waals surface area contributed by atoms with Crippen molar-refractivity contribution < 1.29 is 9.53 Å². The van der Waals surface area contributed by atoms with Gasteiger partial charge in [-0.15, -0.1) is 0 Å². The molecule has 0 bridgehead atoms. The smallest absolute Gasteiger partial charge is 0.247 e. The second-order valence-corrected chi connectivity index (χ2v) is 7.06. The monoisotopic (exact) mass is 352 g/mol. The minimum atomic E-state index is -0.425. The summed E-state index contributed by atoms with van der Waals surface area (Å²) in [5.41, 5.74) is 3.07. The molecule has 1 aliphatic carbocycles. The van der Waals surface area contributed by atoms with Gasteiger partial charge in [-0.1, -0.05) is 49.1 Å². The van der Waals surface area contributed by atoms with E-state index in [1.54, 1.807) is 7.11 Å². The molecule has 2 aromatic rings. The Morgan fingerprint density at radius 3 is 2.27 bits per heavy atom. The summed E-state index contributed by atoms with van der Waals surface area (Å²) in [6.07, 6.45) is 5.82. The van der Waals surface area contributed by atoms with E-state index in [0.29, 0.717) is 0 Å². The van der Waals surface area contributed by atoms with Gasteiger partial charge in [0.1, 0.15) is 11.8 Å². The Morgan fingerprint density at radius 1 is 1.00 bits per heavy atom. The molecule has 0 spiro atoms.